The van der Waals surface area contributed by atoms with Gasteiger partial charge >= 0.3 is 0 Å². The molecule has 5 nitrogen and oxygen atoms in total. The largest absolute Gasteiger partial charge is 0.423 e. The molecule has 128 valence electrons. The summed E-state index contributed by atoms with van der Waals surface area (Å²) in [5.74, 6) is 0. The van der Waals surface area contributed by atoms with Crippen molar-refractivity contribution in [3.05, 3.63) is 51.7 Å². The molecule has 0 saturated carbocycles. The highest BCUT2D eigenvalue weighted by molar-refractivity contribution is 9.10. The fourth-order valence-electron chi connectivity index (χ4n) is 3.90. The smallest absolute Gasteiger partial charge is 0.298 e. The van der Waals surface area contributed by atoms with Crippen molar-refractivity contribution in [1.82, 2.24) is 14.9 Å². The van der Waals surface area contributed by atoms with E-state index in [4.69, 9.17) is 16.0 Å². The average molecular weight is 420 g/mol. The molecule has 3 aromatic rings. The lowest BCUT2D eigenvalue weighted by Crippen LogP contribution is -2.46. The van der Waals surface area contributed by atoms with Crippen LogP contribution < -0.4 is 4.90 Å². The number of halogens is 2. The summed E-state index contributed by atoms with van der Waals surface area (Å²) in [5.41, 5.74) is 2.72. The normalized spacial score (nSPS) is 23.0. The molecule has 0 N–H and O–H groups in total. The number of hydrogen-bond acceptors (Lipinski definition) is 5. The third kappa shape index (κ3) is 2.82. The van der Waals surface area contributed by atoms with Crippen LogP contribution in [-0.4, -0.2) is 40.0 Å². The molecular weight excluding hydrogens is 404 g/mol. The lowest BCUT2D eigenvalue weighted by atomic mass is 10.2. The van der Waals surface area contributed by atoms with Crippen LogP contribution in [0.3, 0.4) is 0 Å². The van der Waals surface area contributed by atoms with Crippen molar-refractivity contribution in [2.45, 2.75) is 25.0 Å². The second kappa shape index (κ2) is 5.97. The quantitative estimate of drug-likeness (QED) is 0.639. The van der Waals surface area contributed by atoms with Gasteiger partial charge in [0.1, 0.15) is 5.52 Å². The number of pyridine rings is 1. The van der Waals surface area contributed by atoms with Crippen molar-refractivity contribution in [3.8, 4) is 0 Å². The fourth-order valence-corrected chi connectivity index (χ4v) is 4.30. The Morgan fingerprint density at radius 3 is 2.88 bits per heavy atom. The van der Waals surface area contributed by atoms with Crippen LogP contribution in [0.2, 0.25) is 5.02 Å². The van der Waals surface area contributed by atoms with Gasteiger partial charge in [0.25, 0.3) is 6.01 Å². The molecule has 2 bridgehead atoms. The molecule has 2 saturated heterocycles. The highest BCUT2D eigenvalue weighted by Crippen LogP contribution is 2.36. The maximum Gasteiger partial charge on any atom is 0.298 e. The van der Waals surface area contributed by atoms with Crippen LogP contribution in [0.1, 0.15) is 12.1 Å². The van der Waals surface area contributed by atoms with Gasteiger partial charge in [-0.1, -0.05) is 11.6 Å². The Morgan fingerprint density at radius 1 is 1.20 bits per heavy atom. The number of fused-ring (bicyclic) bond motifs is 3. The van der Waals surface area contributed by atoms with E-state index in [1.54, 1.807) is 0 Å². The van der Waals surface area contributed by atoms with E-state index in [0.717, 1.165) is 47.3 Å². The van der Waals surface area contributed by atoms with Crippen LogP contribution in [0.25, 0.3) is 11.1 Å². The van der Waals surface area contributed by atoms with E-state index in [2.05, 4.69) is 41.8 Å². The minimum Gasteiger partial charge on any atom is -0.423 e. The number of nitrogens with zero attached hydrogens (tertiary/aromatic N) is 4. The zero-order valence-electron chi connectivity index (χ0n) is 13.4. The van der Waals surface area contributed by atoms with E-state index < -0.39 is 0 Å². The van der Waals surface area contributed by atoms with Gasteiger partial charge < -0.3 is 9.32 Å². The van der Waals surface area contributed by atoms with Crippen LogP contribution in [0.4, 0.5) is 6.01 Å². The van der Waals surface area contributed by atoms with Gasteiger partial charge in [0.2, 0.25) is 0 Å². The van der Waals surface area contributed by atoms with E-state index in [9.17, 15) is 0 Å². The molecule has 0 amide bonds. The SMILES string of the molecule is Clc1ccc2oc(N3CC4CC3CN4Cc3ccc(Br)cn3)nc2c1. The first-order valence-electron chi connectivity index (χ1n) is 8.33. The molecule has 0 aliphatic carbocycles. The maximum atomic E-state index is 6.05. The first-order chi connectivity index (χ1) is 12.2. The fraction of sp³-hybridized carbons (Fsp3) is 0.333. The van der Waals surface area contributed by atoms with E-state index in [0.29, 0.717) is 23.1 Å². The van der Waals surface area contributed by atoms with E-state index >= 15 is 0 Å². The van der Waals surface area contributed by atoms with Gasteiger partial charge in [-0.2, -0.15) is 4.98 Å². The minimum atomic E-state index is 0.448. The van der Waals surface area contributed by atoms with Crippen molar-refractivity contribution in [2.24, 2.45) is 0 Å². The molecule has 2 fully saturated rings. The van der Waals surface area contributed by atoms with E-state index in [1.807, 2.05) is 30.5 Å². The van der Waals surface area contributed by atoms with Crippen LogP contribution >= 0.6 is 27.5 Å². The molecule has 2 aliphatic heterocycles. The predicted molar refractivity (Wildman–Crippen MR) is 101 cm³/mol. The Morgan fingerprint density at radius 2 is 2.12 bits per heavy atom. The number of benzene rings is 1. The third-order valence-corrected chi connectivity index (χ3v) is 5.80. The van der Waals surface area contributed by atoms with Gasteiger partial charge in [-0.25, -0.2) is 0 Å². The monoisotopic (exact) mass is 418 g/mol. The van der Waals surface area contributed by atoms with Gasteiger partial charge in [-0.3, -0.25) is 9.88 Å². The molecule has 7 heteroatoms. The zero-order chi connectivity index (χ0) is 17.0. The number of likely N-dealkylation sites (tertiary alicyclic amines) is 1. The van der Waals surface area contributed by atoms with E-state index in [-0.39, 0.29) is 0 Å². The number of piperazine rings is 1. The number of hydrogen-bond donors (Lipinski definition) is 0. The third-order valence-electron chi connectivity index (χ3n) is 5.09. The summed E-state index contributed by atoms with van der Waals surface area (Å²) in [5, 5.41) is 0.684. The topological polar surface area (TPSA) is 45.4 Å². The van der Waals surface area contributed by atoms with Crippen molar-refractivity contribution in [3.63, 3.8) is 0 Å². The minimum absolute atomic E-state index is 0.448. The highest BCUT2D eigenvalue weighted by Gasteiger charge is 2.44. The summed E-state index contributed by atoms with van der Waals surface area (Å²) >= 11 is 9.48. The lowest BCUT2D eigenvalue weighted by molar-refractivity contribution is 0.225. The Balaban J connectivity index is 1.32. The van der Waals surface area contributed by atoms with Gasteiger partial charge in [-0.05, 0) is 52.7 Å². The second-order valence-corrected chi connectivity index (χ2v) is 8.05. The summed E-state index contributed by atoms with van der Waals surface area (Å²) in [6.07, 6.45) is 3.01. The molecule has 2 unspecified atom stereocenters. The molecule has 4 heterocycles. The second-order valence-electron chi connectivity index (χ2n) is 6.70. The summed E-state index contributed by atoms with van der Waals surface area (Å²) < 4.78 is 6.96. The molecule has 0 radical (unpaired) electrons. The Labute approximate surface area is 158 Å². The number of oxazole rings is 1. The molecule has 1 aromatic carbocycles. The van der Waals surface area contributed by atoms with Crippen molar-refractivity contribution in [2.75, 3.05) is 18.0 Å². The number of anilines is 1. The molecule has 2 atom stereocenters. The summed E-state index contributed by atoms with van der Waals surface area (Å²) in [4.78, 5) is 13.9. The van der Waals surface area contributed by atoms with Gasteiger partial charge in [-0.15, -0.1) is 0 Å². The van der Waals surface area contributed by atoms with Crippen molar-refractivity contribution < 1.29 is 4.42 Å². The molecule has 25 heavy (non-hydrogen) atoms. The number of rotatable bonds is 3. The molecule has 5 rings (SSSR count). The van der Waals surface area contributed by atoms with Gasteiger partial charge in [0.15, 0.2) is 5.58 Å². The van der Waals surface area contributed by atoms with E-state index in [1.165, 1.54) is 0 Å². The van der Waals surface area contributed by atoms with Crippen molar-refractivity contribution in [1.29, 1.82) is 0 Å². The van der Waals surface area contributed by atoms with Crippen LogP contribution in [0, 0.1) is 0 Å². The molecule has 2 aromatic heterocycles. The van der Waals surface area contributed by atoms with Crippen LogP contribution in [-0.2, 0) is 6.54 Å². The summed E-state index contributed by atoms with van der Waals surface area (Å²) in [7, 11) is 0. The summed E-state index contributed by atoms with van der Waals surface area (Å²) in [6, 6.07) is 11.4. The molecule has 0 spiro atoms. The Hall–Kier alpha value is -1.63. The van der Waals surface area contributed by atoms with Gasteiger partial charge in [0.05, 0.1) is 5.69 Å². The Kier molecular flexibility index (Phi) is 3.73. The summed E-state index contributed by atoms with van der Waals surface area (Å²) in [6.45, 7) is 2.86. The van der Waals surface area contributed by atoms with Crippen LogP contribution in [0.15, 0.2) is 45.4 Å². The zero-order valence-corrected chi connectivity index (χ0v) is 15.7. The van der Waals surface area contributed by atoms with Crippen LogP contribution in [0.5, 0.6) is 0 Å². The predicted octanol–water partition coefficient (Wildman–Crippen LogP) is 4.10. The first kappa shape index (κ1) is 15.6. The first-order valence-corrected chi connectivity index (χ1v) is 9.50. The Bertz CT molecular complexity index is 928. The number of aromatic nitrogens is 2. The highest BCUT2D eigenvalue weighted by atomic mass is 79.9. The molecular formula is C18H16BrClN4O. The molecule has 2 aliphatic rings. The van der Waals surface area contributed by atoms with Crippen molar-refractivity contribution >= 4 is 44.6 Å². The standard InChI is InChI=1S/C18H16BrClN4O/c19-11-1-3-13(21-7-11)8-23-9-15-6-14(23)10-24(15)18-22-16-5-12(20)2-4-17(16)25-18/h1-5,7,14-15H,6,8-10H2. The average Bonchev–Trinajstić information content (AvgIpc) is 3.29. The lowest BCUT2D eigenvalue weighted by Gasteiger charge is -2.33. The maximum absolute atomic E-state index is 6.05. The van der Waals surface area contributed by atoms with Gasteiger partial charge in [0, 0.05) is 47.4 Å².